The molecular weight excluding hydrogens is 218 g/mol. The quantitative estimate of drug-likeness (QED) is 0.869. The van der Waals surface area contributed by atoms with Crippen LogP contribution in [0.25, 0.3) is 0 Å². The Kier molecular flexibility index (Phi) is 2.81. The molecule has 0 bridgehead atoms. The van der Waals surface area contributed by atoms with Gasteiger partial charge in [0.05, 0.1) is 12.0 Å². The molecule has 0 aliphatic heterocycles. The Morgan fingerprint density at radius 2 is 1.88 bits per heavy atom. The summed E-state index contributed by atoms with van der Waals surface area (Å²) < 4.78 is 2.03. The molecule has 0 aromatic carbocycles. The summed E-state index contributed by atoms with van der Waals surface area (Å²) in [6.07, 6.45) is 2.95. The van der Waals surface area contributed by atoms with E-state index in [4.69, 9.17) is 5.11 Å². The van der Waals surface area contributed by atoms with Gasteiger partial charge in [-0.15, -0.1) is 0 Å². The van der Waals surface area contributed by atoms with Gasteiger partial charge in [-0.2, -0.15) is 0 Å². The van der Waals surface area contributed by atoms with Crippen molar-refractivity contribution >= 4 is 5.97 Å². The average molecular weight is 235 g/mol. The van der Waals surface area contributed by atoms with E-state index in [1.807, 2.05) is 18.4 Å². The van der Waals surface area contributed by atoms with Crippen LogP contribution in [0.5, 0.6) is 0 Å². The molecule has 0 radical (unpaired) electrons. The molecule has 1 fully saturated rings. The highest BCUT2D eigenvalue weighted by molar-refractivity contribution is 5.68. The minimum atomic E-state index is -0.776. The number of aryl methyl sites for hydroxylation is 2. The summed E-state index contributed by atoms with van der Waals surface area (Å²) in [4.78, 5) is 22.4. The molecule has 0 atom stereocenters. The van der Waals surface area contributed by atoms with Crippen molar-refractivity contribution in [2.75, 3.05) is 0 Å². The first-order valence-electron chi connectivity index (χ1n) is 5.87. The molecule has 0 saturated heterocycles. The lowest BCUT2D eigenvalue weighted by Gasteiger charge is -2.45. The maximum atomic E-state index is 11.4. The van der Waals surface area contributed by atoms with Gasteiger partial charge in [0, 0.05) is 23.5 Å². The van der Waals surface area contributed by atoms with Gasteiger partial charge < -0.3 is 9.67 Å². The van der Waals surface area contributed by atoms with Crippen LogP contribution in [-0.2, 0) is 10.3 Å². The Balaban J connectivity index is 2.51. The van der Waals surface area contributed by atoms with E-state index in [1.54, 1.807) is 12.1 Å². The zero-order valence-electron chi connectivity index (χ0n) is 10.2. The molecule has 1 saturated carbocycles. The summed E-state index contributed by atoms with van der Waals surface area (Å²) in [5.41, 5.74) is 1.39. The molecule has 1 N–H and O–H groups in total. The van der Waals surface area contributed by atoms with Gasteiger partial charge in [0.25, 0.3) is 0 Å². The van der Waals surface area contributed by atoms with Crippen molar-refractivity contribution in [1.82, 2.24) is 4.57 Å². The molecule has 4 nitrogen and oxygen atoms in total. The third kappa shape index (κ3) is 1.99. The molecule has 0 amide bonds. The molecule has 1 aliphatic rings. The lowest BCUT2D eigenvalue weighted by Crippen LogP contribution is -2.44. The molecular formula is C13H17NO3. The van der Waals surface area contributed by atoms with Crippen LogP contribution in [0.2, 0.25) is 0 Å². The fourth-order valence-corrected chi connectivity index (χ4v) is 2.95. The molecule has 17 heavy (non-hydrogen) atoms. The first-order valence-corrected chi connectivity index (χ1v) is 5.87. The van der Waals surface area contributed by atoms with Crippen LogP contribution in [0.4, 0.5) is 0 Å². The third-order valence-corrected chi connectivity index (χ3v) is 3.65. The monoisotopic (exact) mass is 235 g/mol. The predicted molar refractivity (Wildman–Crippen MR) is 64.3 cm³/mol. The van der Waals surface area contributed by atoms with Gasteiger partial charge >= 0.3 is 5.97 Å². The van der Waals surface area contributed by atoms with Gasteiger partial charge in [0.1, 0.15) is 0 Å². The number of hydrogen-bond donors (Lipinski definition) is 1. The highest BCUT2D eigenvalue weighted by Crippen LogP contribution is 2.43. The molecule has 4 heteroatoms. The standard InChI is InChI=1S/C13H17NO3/c1-9-6-11(15)7-10(2)14(9)13(4-3-5-13)8-12(16)17/h6-7H,3-5,8H2,1-2H3,(H,16,17). The van der Waals surface area contributed by atoms with E-state index >= 15 is 0 Å². The molecule has 1 aromatic heterocycles. The van der Waals surface area contributed by atoms with E-state index in [9.17, 15) is 9.59 Å². The van der Waals surface area contributed by atoms with Crippen molar-refractivity contribution in [3.05, 3.63) is 33.7 Å². The second-order valence-corrected chi connectivity index (χ2v) is 4.96. The Hall–Kier alpha value is -1.58. The molecule has 1 aliphatic carbocycles. The summed E-state index contributed by atoms with van der Waals surface area (Å²) in [6.45, 7) is 3.74. The van der Waals surface area contributed by atoms with Crippen LogP contribution in [0, 0.1) is 13.8 Å². The zero-order chi connectivity index (χ0) is 12.6. The average Bonchev–Trinajstić information content (AvgIpc) is 2.11. The number of carbonyl (C=O) groups is 1. The lowest BCUT2D eigenvalue weighted by molar-refractivity contribution is -0.140. The number of aliphatic carboxylic acids is 1. The molecule has 0 spiro atoms. The van der Waals surface area contributed by atoms with E-state index in [-0.39, 0.29) is 17.4 Å². The van der Waals surface area contributed by atoms with E-state index < -0.39 is 5.97 Å². The lowest BCUT2D eigenvalue weighted by atomic mass is 9.73. The number of pyridine rings is 1. The fraction of sp³-hybridized carbons (Fsp3) is 0.538. The first kappa shape index (κ1) is 11.9. The van der Waals surface area contributed by atoms with Gasteiger partial charge in [-0.05, 0) is 33.1 Å². The van der Waals surface area contributed by atoms with Crippen LogP contribution < -0.4 is 5.43 Å². The Bertz CT molecular complexity index is 486. The van der Waals surface area contributed by atoms with E-state index in [1.165, 1.54) is 0 Å². The molecule has 1 aromatic rings. The van der Waals surface area contributed by atoms with E-state index in [2.05, 4.69) is 0 Å². The van der Waals surface area contributed by atoms with Crippen molar-refractivity contribution in [2.24, 2.45) is 0 Å². The smallest absolute Gasteiger partial charge is 0.305 e. The maximum Gasteiger partial charge on any atom is 0.305 e. The number of carboxylic acids is 1. The van der Waals surface area contributed by atoms with Crippen LogP contribution in [0.15, 0.2) is 16.9 Å². The minimum absolute atomic E-state index is 0.0129. The second-order valence-electron chi connectivity index (χ2n) is 4.96. The summed E-state index contributed by atoms with van der Waals surface area (Å²) in [7, 11) is 0. The summed E-state index contributed by atoms with van der Waals surface area (Å²) >= 11 is 0. The van der Waals surface area contributed by atoms with Gasteiger partial charge in [-0.3, -0.25) is 9.59 Å². The number of nitrogens with zero attached hydrogens (tertiary/aromatic N) is 1. The van der Waals surface area contributed by atoms with Crippen molar-refractivity contribution < 1.29 is 9.90 Å². The van der Waals surface area contributed by atoms with Crippen molar-refractivity contribution in [3.8, 4) is 0 Å². The van der Waals surface area contributed by atoms with Crippen molar-refractivity contribution in [2.45, 2.75) is 45.1 Å². The molecule has 1 heterocycles. The van der Waals surface area contributed by atoms with Crippen LogP contribution in [-0.4, -0.2) is 15.6 Å². The van der Waals surface area contributed by atoms with E-state index in [0.717, 1.165) is 30.7 Å². The normalized spacial score (nSPS) is 17.5. The Morgan fingerprint density at radius 1 is 1.35 bits per heavy atom. The number of hydrogen-bond acceptors (Lipinski definition) is 2. The Morgan fingerprint density at radius 3 is 2.24 bits per heavy atom. The SMILES string of the molecule is Cc1cc(=O)cc(C)n1C1(CC(=O)O)CCC1. The number of aromatic nitrogens is 1. The maximum absolute atomic E-state index is 11.4. The topological polar surface area (TPSA) is 59.3 Å². The second kappa shape index (κ2) is 4.02. The van der Waals surface area contributed by atoms with Crippen molar-refractivity contribution in [1.29, 1.82) is 0 Å². The highest BCUT2D eigenvalue weighted by atomic mass is 16.4. The Labute approximate surface area is 99.9 Å². The molecule has 0 unspecified atom stereocenters. The molecule has 92 valence electrons. The van der Waals surface area contributed by atoms with Gasteiger partial charge in [0.2, 0.25) is 0 Å². The summed E-state index contributed by atoms with van der Waals surface area (Å²) in [5, 5.41) is 9.04. The van der Waals surface area contributed by atoms with Crippen LogP contribution >= 0.6 is 0 Å². The van der Waals surface area contributed by atoms with Gasteiger partial charge in [-0.25, -0.2) is 0 Å². The van der Waals surface area contributed by atoms with Crippen molar-refractivity contribution in [3.63, 3.8) is 0 Å². The zero-order valence-corrected chi connectivity index (χ0v) is 10.2. The third-order valence-electron chi connectivity index (χ3n) is 3.65. The number of rotatable bonds is 3. The van der Waals surface area contributed by atoms with E-state index in [0.29, 0.717) is 0 Å². The van der Waals surface area contributed by atoms with Crippen LogP contribution in [0.1, 0.15) is 37.1 Å². The minimum Gasteiger partial charge on any atom is -0.481 e. The summed E-state index contributed by atoms with van der Waals surface area (Å²) in [6, 6.07) is 3.16. The van der Waals surface area contributed by atoms with Gasteiger partial charge in [-0.1, -0.05) is 0 Å². The number of carboxylic acid groups (broad SMARTS) is 1. The molecule has 2 rings (SSSR count). The highest BCUT2D eigenvalue weighted by Gasteiger charge is 2.41. The first-order chi connectivity index (χ1) is 7.94. The predicted octanol–water partition coefficient (Wildman–Crippen LogP) is 1.82. The largest absolute Gasteiger partial charge is 0.481 e. The van der Waals surface area contributed by atoms with Crippen LogP contribution in [0.3, 0.4) is 0 Å². The summed E-state index contributed by atoms with van der Waals surface area (Å²) in [5.74, 6) is -0.776. The fourth-order valence-electron chi connectivity index (χ4n) is 2.95. The van der Waals surface area contributed by atoms with Gasteiger partial charge in [0.15, 0.2) is 5.43 Å².